The van der Waals surface area contributed by atoms with Gasteiger partial charge in [-0.05, 0) is 30.6 Å². The van der Waals surface area contributed by atoms with Gasteiger partial charge in [0.15, 0.2) is 0 Å². The van der Waals surface area contributed by atoms with E-state index in [2.05, 4.69) is 27.7 Å². The van der Waals surface area contributed by atoms with E-state index >= 15 is 0 Å². The van der Waals surface area contributed by atoms with Crippen molar-refractivity contribution in [3.8, 4) is 0 Å². The highest BCUT2D eigenvalue weighted by atomic mass is 16.5. The Hall–Kier alpha value is -0.0800. The summed E-state index contributed by atoms with van der Waals surface area (Å²) in [4.78, 5) is 0. The van der Waals surface area contributed by atoms with Crippen molar-refractivity contribution in [3.05, 3.63) is 0 Å². The molecule has 0 aliphatic rings. The monoisotopic (exact) mass is 216 g/mol. The van der Waals surface area contributed by atoms with Gasteiger partial charge in [-0.2, -0.15) is 0 Å². The van der Waals surface area contributed by atoms with Crippen LogP contribution in [0.5, 0.6) is 0 Å². The lowest BCUT2D eigenvalue weighted by molar-refractivity contribution is 0.00895. The summed E-state index contributed by atoms with van der Waals surface area (Å²) >= 11 is 0. The predicted molar refractivity (Wildman–Crippen MR) is 64.9 cm³/mol. The second-order valence-corrected chi connectivity index (χ2v) is 5.23. The molecule has 0 saturated heterocycles. The number of aliphatic hydroxyl groups excluding tert-OH is 1. The summed E-state index contributed by atoms with van der Waals surface area (Å²) in [6, 6.07) is 0. The van der Waals surface area contributed by atoms with E-state index in [1.54, 1.807) is 0 Å². The summed E-state index contributed by atoms with van der Waals surface area (Å²) in [5, 5.41) is 9.37. The Morgan fingerprint density at radius 3 is 2.07 bits per heavy atom. The molecule has 0 rings (SSSR count). The van der Waals surface area contributed by atoms with Crippen LogP contribution < -0.4 is 0 Å². The summed E-state index contributed by atoms with van der Waals surface area (Å²) in [5.74, 6) is 2.00. The van der Waals surface area contributed by atoms with Crippen molar-refractivity contribution >= 4 is 0 Å². The van der Waals surface area contributed by atoms with E-state index < -0.39 is 0 Å². The normalized spacial score (nSPS) is 16.0. The smallest absolute Gasteiger partial charge is 0.0771 e. The van der Waals surface area contributed by atoms with Crippen LogP contribution in [0, 0.1) is 17.8 Å². The van der Waals surface area contributed by atoms with E-state index in [1.165, 1.54) is 6.42 Å². The Morgan fingerprint density at radius 2 is 1.67 bits per heavy atom. The fraction of sp³-hybridized carbons (Fsp3) is 1.00. The molecular weight excluding hydrogens is 188 g/mol. The standard InChI is InChI=1S/C13H28O2/c1-6-13(14)9-15-8-12(11(4)5)7-10(2)3/h10-14H,6-9H2,1-5H3. The molecule has 0 fully saturated rings. The molecule has 0 aromatic carbocycles. The maximum Gasteiger partial charge on any atom is 0.0771 e. The zero-order chi connectivity index (χ0) is 11.8. The third-order valence-electron chi connectivity index (χ3n) is 2.83. The van der Waals surface area contributed by atoms with Gasteiger partial charge in [0.05, 0.1) is 12.7 Å². The minimum absolute atomic E-state index is 0.295. The third-order valence-corrected chi connectivity index (χ3v) is 2.83. The molecule has 2 atom stereocenters. The topological polar surface area (TPSA) is 29.5 Å². The molecule has 0 aliphatic carbocycles. The number of hydrogen-bond acceptors (Lipinski definition) is 2. The average molecular weight is 216 g/mol. The molecule has 92 valence electrons. The molecule has 0 aromatic heterocycles. The number of hydrogen-bond donors (Lipinski definition) is 1. The van der Waals surface area contributed by atoms with E-state index in [0.29, 0.717) is 18.4 Å². The van der Waals surface area contributed by atoms with Crippen molar-refractivity contribution in [3.63, 3.8) is 0 Å². The number of ether oxygens (including phenoxy) is 1. The van der Waals surface area contributed by atoms with Gasteiger partial charge in [-0.3, -0.25) is 0 Å². The van der Waals surface area contributed by atoms with Gasteiger partial charge in [-0.25, -0.2) is 0 Å². The highest BCUT2D eigenvalue weighted by Gasteiger charge is 2.15. The Morgan fingerprint density at radius 1 is 1.07 bits per heavy atom. The van der Waals surface area contributed by atoms with Crippen LogP contribution >= 0.6 is 0 Å². The van der Waals surface area contributed by atoms with Crippen molar-refractivity contribution in [2.24, 2.45) is 17.8 Å². The average Bonchev–Trinajstić information content (AvgIpc) is 2.15. The molecule has 2 nitrogen and oxygen atoms in total. The number of rotatable bonds is 8. The van der Waals surface area contributed by atoms with Crippen LogP contribution in [0.1, 0.15) is 47.5 Å². The van der Waals surface area contributed by atoms with Crippen molar-refractivity contribution in [1.29, 1.82) is 0 Å². The maximum absolute atomic E-state index is 9.37. The number of aliphatic hydroxyl groups is 1. The van der Waals surface area contributed by atoms with E-state index in [9.17, 15) is 5.11 Å². The molecule has 0 saturated carbocycles. The van der Waals surface area contributed by atoms with Crippen LogP contribution in [0.25, 0.3) is 0 Å². The second kappa shape index (κ2) is 8.12. The third kappa shape index (κ3) is 7.80. The fourth-order valence-electron chi connectivity index (χ4n) is 1.61. The van der Waals surface area contributed by atoms with E-state index in [0.717, 1.165) is 18.9 Å². The molecule has 1 N–H and O–H groups in total. The molecule has 2 heteroatoms. The Balaban J connectivity index is 3.76. The summed E-state index contributed by atoms with van der Waals surface area (Å²) < 4.78 is 5.56. The molecule has 2 unspecified atom stereocenters. The highest BCUT2D eigenvalue weighted by Crippen LogP contribution is 2.20. The van der Waals surface area contributed by atoms with Crippen molar-refractivity contribution in [1.82, 2.24) is 0 Å². The molecule has 0 aromatic rings. The van der Waals surface area contributed by atoms with Crippen LogP contribution in [-0.4, -0.2) is 24.4 Å². The van der Waals surface area contributed by atoms with Crippen molar-refractivity contribution in [2.75, 3.05) is 13.2 Å². The van der Waals surface area contributed by atoms with Crippen molar-refractivity contribution < 1.29 is 9.84 Å². The minimum Gasteiger partial charge on any atom is -0.391 e. The molecule has 0 aliphatic heterocycles. The summed E-state index contributed by atoms with van der Waals surface area (Å²) in [6.07, 6.45) is 1.69. The van der Waals surface area contributed by atoms with E-state index in [4.69, 9.17) is 4.74 Å². The molecular formula is C13H28O2. The second-order valence-electron chi connectivity index (χ2n) is 5.23. The van der Waals surface area contributed by atoms with Gasteiger partial charge in [0.2, 0.25) is 0 Å². The molecule has 0 radical (unpaired) electrons. The van der Waals surface area contributed by atoms with Crippen LogP contribution in [0.2, 0.25) is 0 Å². The van der Waals surface area contributed by atoms with Crippen LogP contribution in [0.3, 0.4) is 0 Å². The first-order chi connectivity index (χ1) is 6.97. The molecule has 0 spiro atoms. The minimum atomic E-state index is -0.295. The molecule has 0 bridgehead atoms. The lowest BCUT2D eigenvalue weighted by Gasteiger charge is -2.23. The molecule has 0 amide bonds. The first kappa shape index (κ1) is 14.9. The highest BCUT2D eigenvalue weighted by molar-refractivity contribution is 4.65. The quantitative estimate of drug-likeness (QED) is 0.675. The van der Waals surface area contributed by atoms with E-state index in [1.807, 2.05) is 6.92 Å². The summed E-state index contributed by atoms with van der Waals surface area (Å²) in [7, 11) is 0. The van der Waals surface area contributed by atoms with E-state index in [-0.39, 0.29) is 6.10 Å². The summed E-state index contributed by atoms with van der Waals surface area (Å²) in [5.41, 5.74) is 0. The Kier molecular flexibility index (Phi) is 8.07. The van der Waals surface area contributed by atoms with Crippen molar-refractivity contribution in [2.45, 2.75) is 53.6 Å². The van der Waals surface area contributed by atoms with Gasteiger partial charge in [-0.1, -0.05) is 34.6 Å². The molecule has 0 heterocycles. The van der Waals surface area contributed by atoms with Crippen LogP contribution in [0.15, 0.2) is 0 Å². The fourth-order valence-corrected chi connectivity index (χ4v) is 1.61. The van der Waals surface area contributed by atoms with Crippen LogP contribution in [0.4, 0.5) is 0 Å². The summed E-state index contributed by atoms with van der Waals surface area (Å²) in [6.45, 7) is 12.2. The predicted octanol–water partition coefficient (Wildman–Crippen LogP) is 3.09. The SMILES string of the molecule is CCC(O)COCC(CC(C)C)C(C)C. The Bertz CT molecular complexity index is 143. The van der Waals surface area contributed by atoms with Gasteiger partial charge in [0, 0.05) is 6.61 Å². The van der Waals surface area contributed by atoms with Crippen LogP contribution in [-0.2, 0) is 4.74 Å². The first-order valence-electron chi connectivity index (χ1n) is 6.23. The zero-order valence-corrected chi connectivity index (χ0v) is 11.0. The largest absolute Gasteiger partial charge is 0.391 e. The zero-order valence-electron chi connectivity index (χ0n) is 11.0. The lowest BCUT2D eigenvalue weighted by atomic mass is 9.88. The van der Waals surface area contributed by atoms with Gasteiger partial charge in [0.1, 0.15) is 0 Å². The Labute approximate surface area is 95.0 Å². The van der Waals surface area contributed by atoms with Gasteiger partial charge >= 0.3 is 0 Å². The van der Waals surface area contributed by atoms with Gasteiger partial charge < -0.3 is 9.84 Å². The lowest BCUT2D eigenvalue weighted by Crippen LogP contribution is -2.22. The van der Waals surface area contributed by atoms with Gasteiger partial charge in [-0.15, -0.1) is 0 Å². The van der Waals surface area contributed by atoms with Gasteiger partial charge in [0.25, 0.3) is 0 Å². The molecule has 15 heavy (non-hydrogen) atoms. The maximum atomic E-state index is 9.37. The first-order valence-corrected chi connectivity index (χ1v) is 6.23.